The molecule has 0 saturated heterocycles. The Kier molecular flexibility index (Phi) is 4.16. The van der Waals surface area contributed by atoms with Crippen LogP contribution in [0.25, 0.3) is 0 Å². The van der Waals surface area contributed by atoms with Crippen LogP contribution in [0.1, 0.15) is 32.3 Å². The van der Waals surface area contributed by atoms with Crippen molar-refractivity contribution in [1.82, 2.24) is 4.72 Å². The van der Waals surface area contributed by atoms with Gasteiger partial charge in [-0.05, 0) is 23.6 Å². The quantitative estimate of drug-likeness (QED) is 0.741. The predicted molar refractivity (Wildman–Crippen MR) is 65.3 cm³/mol. The van der Waals surface area contributed by atoms with E-state index in [0.29, 0.717) is 17.4 Å². The average Bonchev–Trinajstić information content (AvgIpc) is 2.18. The second-order valence-corrected chi connectivity index (χ2v) is 5.63. The third-order valence-corrected chi connectivity index (χ3v) is 3.84. The summed E-state index contributed by atoms with van der Waals surface area (Å²) in [5.41, 5.74) is 1.20. The number of nitrogens with one attached hydrogen (secondary N) is 1. The van der Waals surface area contributed by atoms with Gasteiger partial charge < -0.3 is 0 Å². The van der Waals surface area contributed by atoms with Crippen LogP contribution >= 0.6 is 10.8 Å². The van der Waals surface area contributed by atoms with Crippen molar-refractivity contribution in [3.63, 3.8) is 0 Å². The van der Waals surface area contributed by atoms with E-state index in [4.69, 9.17) is 0 Å². The first kappa shape index (κ1) is 12.5. The molecule has 0 atom stereocenters. The van der Waals surface area contributed by atoms with Crippen LogP contribution in [0, 0.1) is 0 Å². The van der Waals surface area contributed by atoms with E-state index < -0.39 is 10.8 Å². The minimum Gasteiger partial charge on any atom is -0.282 e. The lowest BCUT2D eigenvalue weighted by atomic mass is 10.0. The summed E-state index contributed by atoms with van der Waals surface area (Å²) in [5, 5.41) is 0. The van der Waals surface area contributed by atoms with Gasteiger partial charge >= 0.3 is 0 Å². The van der Waals surface area contributed by atoms with E-state index in [0.717, 1.165) is 0 Å². The molecule has 1 aromatic carbocycles. The molecule has 0 aromatic heterocycles. The Balaban J connectivity index is 2.88. The molecule has 0 fully saturated rings. The van der Waals surface area contributed by atoms with Crippen molar-refractivity contribution in [2.75, 3.05) is 6.54 Å². The molecule has 0 unspecified atom stereocenters. The molecule has 1 rings (SSSR count). The van der Waals surface area contributed by atoms with Gasteiger partial charge in [0, 0.05) is 6.54 Å². The SMILES string of the molecule is CCNS(O)(O)c1ccc(C(C)C)cc1. The van der Waals surface area contributed by atoms with Gasteiger partial charge in [0.1, 0.15) is 0 Å². The lowest BCUT2D eigenvalue weighted by molar-refractivity contribution is 0.472. The molecule has 0 aliphatic heterocycles. The fraction of sp³-hybridized carbons (Fsp3) is 0.455. The topological polar surface area (TPSA) is 52.5 Å². The second-order valence-electron chi connectivity index (χ2n) is 3.77. The second kappa shape index (κ2) is 4.99. The van der Waals surface area contributed by atoms with Crippen LogP contribution in [0.4, 0.5) is 0 Å². The highest BCUT2D eigenvalue weighted by molar-refractivity contribution is 8.22. The maximum Gasteiger partial charge on any atom is 0.0750 e. The van der Waals surface area contributed by atoms with Gasteiger partial charge in [-0.3, -0.25) is 9.11 Å². The minimum absolute atomic E-state index is 0.458. The molecule has 86 valence electrons. The van der Waals surface area contributed by atoms with Gasteiger partial charge in [0.2, 0.25) is 0 Å². The van der Waals surface area contributed by atoms with Crippen molar-refractivity contribution in [2.45, 2.75) is 31.6 Å². The van der Waals surface area contributed by atoms with Crippen molar-refractivity contribution in [3.05, 3.63) is 29.8 Å². The first-order valence-electron chi connectivity index (χ1n) is 5.10. The van der Waals surface area contributed by atoms with Gasteiger partial charge in [0.05, 0.1) is 4.90 Å². The van der Waals surface area contributed by atoms with E-state index in [1.165, 1.54) is 5.56 Å². The Bertz CT molecular complexity index is 309. The minimum atomic E-state index is -2.80. The van der Waals surface area contributed by atoms with Crippen LogP contribution in [-0.4, -0.2) is 15.7 Å². The molecule has 0 bridgehead atoms. The highest BCUT2D eigenvalue weighted by Gasteiger charge is 2.13. The lowest BCUT2D eigenvalue weighted by Crippen LogP contribution is -2.19. The summed E-state index contributed by atoms with van der Waals surface area (Å²) in [4.78, 5) is 0.550. The van der Waals surface area contributed by atoms with E-state index >= 15 is 0 Å². The van der Waals surface area contributed by atoms with E-state index in [2.05, 4.69) is 18.6 Å². The Labute approximate surface area is 93.0 Å². The fourth-order valence-electron chi connectivity index (χ4n) is 1.33. The zero-order valence-electron chi connectivity index (χ0n) is 9.40. The van der Waals surface area contributed by atoms with Crippen molar-refractivity contribution >= 4 is 10.8 Å². The van der Waals surface area contributed by atoms with E-state index in [-0.39, 0.29) is 0 Å². The summed E-state index contributed by atoms with van der Waals surface area (Å²) in [6.07, 6.45) is 0. The van der Waals surface area contributed by atoms with Crippen LogP contribution in [0.3, 0.4) is 0 Å². The molecule has 3 nitrogen and oxygen atoms in total. The molecular formula is C11H19NO2S. The zero-order valence-corrected chi connectivity index (χ0v) is 10.2. The highest BCUT2D eigenvalue weighted by Crippen LogP contribution is 2.43. The monoisotopic (exact) mass is 229 g/mol. The van der Waals surface area contributed by atoms with Crippen molar-refractivity contribution < 1.29 is 9.11 Å². The molecule has 3 N–H and O–H groups in total. The highest BCUT2D eigenvalue weighted by atomic mass is 32.3. The molecule has 0 aliphatic carbocycles. The van der Waals surface area contributed by atoms with Crippen LogP contribution in [0.5, 0.6) is 0 Å². The molecule has 0 spiro atoms. The molecule has 1 aromatic rings. The first-order valence-corrected chi connectivity index (χ1v) is 6.65. The Morgan fingerprint density at radius 1 is 1.20 bits per heavy atom. The summed E-state index contributed by atoms with van der Waals surface area (Å²) in [5.74, 6) is 0.458. The number of benzene rings is 1. The Morgan fingerprint density at radius 2 is 1.73 bits per heavy atom. The van der Waals surface area contributed by atoms with Crippen molar-refractivity contribution in [1.29, 1.82) is 0 Å². The van der Waals surface area contributed by atoms with Crippen LogP contribution in [0.15, 0.2) is 29.2 Å². The standard InChI is InChI=1S/C11H19NO2S/c1-4-12-15(13,14)11-7-5-10(6-8-11)9(2)3/h5-9,12-14H,4H2,1-3H3. The van der Waals surface area contributed by atoms with Crippen molar-refractivity contribution in [2.24, 2.45) is 0 Å². The maximum atomic E-state index is 9.74. The van der Waals surface area contributed by atoms with Gasteiger partial charge in [-0.1, -0.05) is 32.9 Å². The van der Waals surface area contributed by atoms with Crippen molar-refractivity contribution in [3.8, 4) is 0 Å². The average molecular weight is 229 g/mol. The predicted octanol–water partition coefficient (Wildman–Crippen LogP) is 3.44. The van der Waals surface area contributed by atoms with Gasteiger partial charge in [-0.2, -0.15) is 0 Å². The largest absolute Gasteiger partial charge is 0.282 e. The zero-order chi connectivity index (χ0) is 11.5. The molecule has 4 heteroatoms. The number of hydrogen-bond donors (Lipinski definition) is 3. The Morgan fingerprint density at radius 3 is 2.13 bits per heavy atom. The molecule has 0 amide bonds. The van der Waals surface area contributed by atoms with Gasteiger partial charge in [0.25, 0.3) is 0 Å². The molecule has 0 aliphatic rings. The smallest absolute Gasteiger partial charge is 0.0750 e. The third kappa shape index (κ3) is 3.21. The molecule has 0 heterocycles. The summed E-state index contributed by atoms with van der Waals surface area (Å²) in [6.45, 7) is 6.60. The molecule has 15 heavy (non-hydrogen) atoms. The molecule has 0 saturated carbocycles. The normalized spacial score (nSPS) is 13.2. The Hall–Kier alpha value is -0.550. The summed E-state index contributed by atoms with van der Waals surface area (Å²) >= 11 is 0. The van der Waals surface area contributed by atoms with Gasteiger partial charge in [0.15, 0.2) is 0 Å². The summed E-state index contributed by atoms with van der Waals surface area (Å²) in [7, 11) is -2.80. The van der Waals surface area contributed by atoms with E-state index in [1.807, 2.05) is 19.1 Å². The van der Waals surface area contributed by atoms with E-state index in [1.54, 1.807) is 12.1 Å². The van der Waals surface area contributed by atoms with E-state index in [9.17, 15) is 9.11 Å². The number of rotatable bonds is 4. The van der Waals surface area contributed by atoms with Gasteiger partial charge in [-0.15, -0.1) is 10.8 Å². The summed E-state index contributed by atoms with van der Waals surface area (Å²) in [6, 6.07) is 7.41. The summed E-state index contributed by atoms with van der Waals surface area (Å²) < 4.78 is 22.2. The van der Waals surface area contributed by atoms with Crippen LogP contribution in [0.2, 0.25) is 0 Å². The molecule has 0 radical (unpaired) electrons. The fourth-order valence-corrected chi connectivity index (χ4v) is 2.41. The lowest BCUT2D eigenvalue weighted by Gasteiger charge is -2.32. The van der Waals surface area contributed by atoms with Gasteiger partial charge in [-0.25, -0.2) is 4.72 Å². The third-order valence-electron chi connectivity index (χ3n) is 2.22. The molecular weight excluding hydrogens is 210 g/mol. The maximum absolute atomic E-state index is 9.74. The van der Waals surface area contributed by atoms with Crippen LogP contribution < -0.4 is 4.72 Å². The number of hydrogen-bond acceptors (Lipinski definition) is 3. The first-order chi connectivity index (χ1) is 6.97. The van der Waals surface area contributed by atoms with Crippen LogP contribution in [-0.2, 0) is 0 Å².